The Labute approximate surface area is 224 Å². The van der Waals surface area contributed by atoms with Crippen LogP contribution in [0.15, 0.2) is 60.3 Å². The highest BCUT2D eigenvalue weighted by Gasteiger charge is 2.15. The Balaban J connectivity index is 1.58. The number of anilines is 1. The van der Waals surface area contributed by atoms with Crippen LogP contribution < -0.4 is 20.1 Å². The molecule has 1 aromatic heterocycles. The number of halogens is 1. The van der Waals surface area contributed by atoms with Crippen LogP contribution in [0.25, 0.3) is 6.08 Å². The SMILES string of the molecule is C=CCn1c(CNC(=O)C=Cc2ccc(OC)c(OC)c2)nnc1SCC(=O)Nc1cccc(Cl)c1C. The van der Waals surface area contributed by atoms with Crippen molar-refractivity contribution in [1.29, 1.82) is 0 Å². The largest absolute Gasteiger partial charge is 0.493 e. The van der Waals surface area contributed by atoms with Gasteiger partial charge in [-0.1, -0.05) is 41.6 Å². The molecule has 11 heteroatoms. The van der Waals surface area contributed by atoms with Crippen molar-refractivity contribution >= 4 is 46.9 Å². The van der Waals surface area contributed by atoms with Crippen LogP contribution in [0, 0.1) is 6.92 Å². The molecule has 0 aliphatic heterocycles. The van der Waals surface area contributed by atoms with Crippen LogP contribution >= 0.6 is 23.4 Å². The van der Waals surface area contributed by atoms with Crippen molar-refractivity contribution in [3.63, 3.8) is 0 Å². The Bertz CT molecular complexity index is 1310. The first kappa shape index (κ1) is 27.8. The number of nitrogens with one attached hydrogen (secondary N) is 2. The number of carbonyl (C=O) groups is 2. The van der Waals surface area contributed by atoms with E-state index in [4.69, 9.17) is 21.1 Å². The second kappa shape index (κ2) is 13.5. The number of benzene rings is 2. The van der Waals surface area contributed by atoms with Crippen molar-refractivity contribution in [2.45, 2.75) is 25.2 Å². The molecular formula is C26H28ClN5O4S. The lowest BCUT2D eigenvalue weighted by Gasteiger charge is -2.10. The van der Waals surface area contributed by atoms with Gasteiger partial charge in [-0.2, -0.15) is 0 Å². The molecule has 0 spiro atoms. The van der Waals surface area contributed by atoms with Gasteiger partial charge in [-0.25, -0.2) is 0 Å². The van der Waals surface area contributed by atoms with E-state index in [1.54, 1.807) is 61.3 Å². The van der Waals surface area contributed by atoms with Crippen molar-refractivity contribution in [1.82, 2.24) is 20.1 Å². The quantitative estimate of drug-likeness (QED) is 0.197. The molecule has 0 bridgehead atoms. The van der Waals surface area contributed by atoms with E-state index in [0.29, 0.717) is 39.7 Å². The van der Waals surface area contributed by atoms with Gasteiger partial charge in [-0.05, 0) is 48.4 Å². The van der Waals surface area contributed by atoms with Gasteiger partial charge in [0.05, 0.1) is 26.5 Å². The van der Waals surface area contributed by atoms with Gasteiger partial charge in [-0.3, -0.25) is 9.59 Å². The summed E-state index contributed by atoms with van der Waals surface area (Å²) < 4.78 is 12.3. The Morgan fingerprint density at radius 2 is 1.95 bits per heavy atom. The number of nitrogens with zero attached hydrogens (tertiary/aromatic N) is 3. The molecule has 0 aliphatic carbocycles. The van der Waals surface area contributed by atoms with Crippen LogP contribution in [0.1, 0.15) is 17.0 Å². The van der Waals surface area contributed by atoms with Gasteiger partial charge in [-0.15, -0.1) is 16.8 Å². The molecule has 2 aromatic carbocycles. The average Bonchev–Trinajstić information content (AvgIpc) is 3.28. The van der Waals surface area contributed by atoms with E-state index in [-0.39, 0.29) is 24.1 Å². The summed E-state index contributed by atoms with van der Waals surface area (Å²) in [6.07, 6.45) is 4.80. The zero-order valence-corrected chi connectivity index (χ0v) is 22.4. The molecule has 194 valence electrons. The molecule has 0 fully saturated rings. The van der Waals surface area contributed by atoms with E-state index < -0.39 is 0 Å². The first-order valence-electron chi connectivity index (χ1n) is 11.2. The lowest BCUT2D eigenvalue weighted by Crippen LogP contribution is -2.23. The smallest absolute Gasteiger partial charge is 0.244 e. The molecule has 0 atom stereocenters. The summed E-state index contributed by atoms with van der Waals surface area (Å²) in [7, 11) is 3.11. The Kier molecular flexibility index (Phi) is 10.2. The Morgan fingerprint density at radius 1 is 1.16 bits per heavy atom. The standard InChI is InChI=1S/C26H28ClN5O4S/c1-5-13-32-23(15-28-24(33)12-10-18-9-11-21(35-3)22(14-18)36-4)30-31-26(32)37-16-25(34)29-20-8-6-7-19(27)17(20)2/h5-12,14H,1,13,15-16H2,2-4H3,(H,28,33)(H,29,34). The lowest BCUT2D eigenvalue weighted by molar-refractivity contribution is -0.116. The van der Waals surface area contributed by atoms with Crippen LogP contribution in [0.2, 0.25) is 5.02 Å². The van der Waals surface area contributed by atoms with E-state index in [1.807, 2.05) is 13.0 Å². The van der Waals surface area contributed by atoms with Gasteiger partial charge in [0.2, 0.25) is 11.8 Å². The Morgan fingerprint density at radius 3 is 2.68 bits per heavy atom. The third-order valence-electron chi connectivity index (χ3n) is 5.23. The molecule has 37 heavy (non-hydrogen) atoms. The highest BCUT2D eigenvalue weighted by atomic mass is 35.5. The van der Waals surface area contributed by atoms with E-state index in [2.05, 4.69) is 27.4 Å². The lowest BCUT2D eigenvalue weighted by atomic mass is 10.2. The maximum absolute atomic E-state index is 12.5. The summed E-state index contributed by atoms with van der Waals surface area (Å²) in [5.41, 5.74) is 2.25. The summed E-state index contributed by atoms with van der Waals surface area (Å²) in [4.78, 5) is 24.9. The van der Waals surface area contributed by atoms with Gasteiger partial charge in [0.1, 0.15) is 0 Å². The normalized spacial score (nSPS) is 10.8. The topological polar surface area (TPSA) is 107 Å². The number of hydrogen-bond donors (Lipinski definition) is 2. The first-order chi connectivity index (χ1) is 17.9. The molecule has 0 radical (unpaired) electrons. The van der Waals surface area contributed by atoms with Crippen molar-refractivity contribution in [3.05, 3.63) is 77.1 Å². The number of rotatable bonds is 12. The molecule has 2 amide bonds. The maximum Gasteiger partial charge on any atom is 0.244 e. The number of methoxy groups -OCH3 is 2. The third kappa shape index (κ3) is 7.61. The minimum atomic E-state index is -0.298. The van der Waals surface area contributed by atoms with Crippen molar-refractivity contribution < 1.29 is 19.1 Å². The van der Waals surface area contributed by atoms with Crippen LogP contribution in [-0.4, -0.2) is 46.6 Å². The van der Waals surface area contributed by atoms with Crippen LogP contribution in [0.4, 0.5) is 5.69 Å². The Hall–Kier alpha value is -3.76. The van der Waals surface area contributed by atoms with Gasteiger partial charge in [0.25, 0.3) is 0 Å². The number of allylic oxidation sites excluding steroid dienone is 1. The van der Waals surface area contributed by atoms with Crippen molar-refractivity contribution in [2.75, 3.05) is 25.3 Å². The molecule has 2 N–H and O–H groups in total. The number of carbonyl (C=O) groups excluding carboxylic acids is 2. The molecule has 0 saturated carbocycles. The van der Waals surface area contributed by atoms with Crippen LogP contribution in [0.3, 0.4) is 0 Å². The molecular weight excluding hydrogens is 514 g/mol. The monoisotopic (exact) mass is 541 g/mol. The molecule has 3 rings (SSSR count). The van der Waals surface area contributed by atoms with E-state index >= 15 is 0 Å². The second-order valence-corrected chi connectivity index (χ2v) is 9.06. The summed E-state index contributed by atoms with van der Waals surface area (Å²) in [6, 6.07) is 10.7. The number of hydrogen-bond acceptors (Lipinski definition) is 7. The van der Waals surface area contributed by atoms with Crippen LogP contribution in [0.5, 0.6) is 11.5 Å². The van der Waals surface area contributed by atoms with E-state index in [1.165, 1.54) is 17.8 Å². The summed E-state index contributed by atoms with van der Waals surface area (Å²) in [5, 5.41) is 15.2. The minimum Gasteiger partial charge on any atom is -0.493 e. The van der Waals surface area contributed by atoms with E-state index in [0.717, 1.165) is 11.1 Å². The number of ether oxygens (including phenoxy) is 2. The zero-order chi connectivity index (χ0) is 26.8. The van der Waals surface area contributed by atoms with Crippen LogP contribution in [-0.2, 0) is 22.7 Å². The second-order valence-electron chi connectivity index (χ2n) is 7.71. The fourth-order valence-corrected chi connectivity index (χ4v) is 4.22. The molecule has 0 saturated heterocycles. The minimum absolute atomic E-state index is 0.127. The molecule has 0 unspecified atom stereocenters. The van der Waals surface area contributed by atoms with Gasteiger partial charge >= 0.3 is 0 Å². The van der Waals surface area contributed by atoms with Crippen molar-refractivity contribution in [3.8, 4) is 11.5 Å². The molecule has 3 aromatic rings. The highest BCUT2D eigenvalue weighted by molar-refractivity contribution is 7.99. The summed E-state index contributed by atoms with van der Waals surface area (Å²) in [6.45, 7) is 6.20. The summed E-state index contributed by atoms with van der Waals surface area (Å²) in [5.74, 6) is 1.36. The van der Waals surface area contributed by atoms with Gasteiger partial charge in [0.15, 0.2) is 22.5 Å². The average molecular weight is 542 g/mol. The molecule has 0 aliphatic rings. The van der Waals surface area contributed by atoms with Gasteiger partial charge < -0.3 is 24.7 Å². The molecule has 1 heterocycles. The number of aromatic nitrogens is 3. The third-order valence-corrected chi connectivity index (χ3v) is 6.61. The van der Waals surface area contributed by atoms with Crippen molar-refractivity contribution in [2.24, 2.45) is 0 Å². The van der Waals surface area contributed by atoms with E-state index in [9.17, 15) is 9.59 Å². The zero-order valence-electron chi connectivity index (χ0n) is 20.8. The maximum atomic E-state index is 12.5. The first-order valence-corrected chi connectivity index (χ1v) is 12.6. The fraction of sp³-hybridized carbons (Fsp3) is 0.231. The highest BCUT2D eigenvalue weighted by Crippen LogP contribution is 2.28. The molecule has 9 nitrogen and oxygen atoms in total. The predicted octanol–water partition coefficient (Wildman–Crippen LogP) is 4.50. The van der Waals surface area contributed by atoms with Gasteiger partial charge in [0, 0.05) is 23.3 Å². The number of amides is 2. The predicted molar refractivity (Wildman–Crippen MR) is 146 cm³/mol. The fourth-order valence-electron chi connectivity index (χ4n) is 3.28. The number of thioether (sulfide) groups is 1. The summed E-state index contributed by atoms with van der Waals surface area (Å²) >= 11 is 7.36.